The van der Waals surface area contributed by atoms with Crippen LogP contribution < -0.4 is 0 Å². The summed E-state index contributed by atoms with van der Waals surface area (Å²) in [6.45, 7) is 8.78. The Bertz CT molecular complexity index is 644. The maximum Gasteiger partial charge on any atom is 0.223 e. The van der Waals surface area contributed by atoms with E-state index in [4.69, 9.17) is 28.0 Å². The average molecular weight is 369 g/mol. The topological polar surface area (TPSA) is 41.9 Å². The molecule has 0 radical (unpaired) electrons. The normalized spacial score (nSPS) is 16.7. The molecule has 1 aliphatic rings. The Hall–Kier alpha value is -1.52. The number of carbonyl (C=O) groups excluding carboxylic acids is 1. The van der Waals surface area contributed by atoms with E-state index >= 15 is 0 Å². The fourth-order valence-corrected chi connectivity index (χ4v) is 2.83. The minimum atomic E-state index is -0.162. The predicted octanol–water partition coefficient (Wildman–Crippen LogP) is 4.55. The van der Waals surface area contributed by atoms with Crippen LogP contribution in [0.15, 0.2) is 36.0 Å². The molecule has 1 aromatic carbocycles. The smallest absolute Gasteiger partial charge is 0.223 e. The zero-order valence-electron chi connectivity index (χ0n) is 14.0. The Balaban J connectivity index is 1.98. The third-order valence-electron chi connectivity index (χ3n) is 3.69. The minimum Gasteiger partial charge on any atom is -0.390 e. The molecule has 1 amide bonds. The predicted molar refractivity (Wildman–Crippen MR) is 98.7 cm³/mol. The van der Waals surface area contributed by atoms with E-state index in [1.54, 1.807) is 23.1 Å². The lowest BCUT2D eigenvalue weighted by molar-refractivity contribution is -0.133. The average Bonchev–Trinajstić information content (AvgIpc) is 2.97. The van der Waals surface area contributed by atoms with Crippen LogP contribution in [0.2, 0.25) is 10.0 Å². The number of rotatable bonds is 7. The molecule has 1 heterocycles. The van der Waals surface area contributed by atoms with Gasteiger partial charge in [0.05, 0.1) is 22.3 Å². The van der Waals surface area contributed by atoms with Crippen molar-refractivity contribution in [2.24, 2.45) is 11.1 Å². The molecule has 0 N–H and O–H groups in total. The Morgan fingerprint density at radius 1 is 1.46 bits per heavy atom. The minimum absolute atomic E-state index is 0.108. The third-order valence-corrected chi connectivity index (χ3v) is 4.43. The highest BCUT2D eigenvalue weighted by Gasteiger charge is 2.26. The van der Waals surface area contributed by atoms with Gasteiger partial charge in [0.25, 0.3) is 0 Å². The first-order valence-corrected chi connectivity index (χ1v) is 8.73. The van der Waals surface area contributed by atoms with E-state index in [1.807, 2.05) is 19.9 Å². The molecule has 0 unspecified atom stereocenters. The zero-order chi connectivity index (χ0) is 17.7. The summed E-state index contributed by atoms with van der Waals surface area (Å²) in [5.74, 6) is 0.425. The number of nitrogens with zero attached hydrogens (tertiary/aromatic N) is 2. The van der Waals surface area contributed by atoms with Crippen molar-refractivity contribution in [3.8, 4) is 0 Å². The number of hydrogen-bond donors (Lipinski definition) is 0. The second-order valence-corrected chi connectivity index (χ2v) is 7.10. The van der Waals surface area contributed by atoms with Crippen molar-refractivity contribution >= 4 is 34.8 Å². The SMILES string of the molecule is C=CCN(C[C@H]1CC(c2ccc(Cl)c(Cl)c2)=NO1)C(=O)CC(C)C. The highest BCUT2D eigenvalue weighted by molar-refractivity contribution is 6.42. The Labute approximate surface area is 153 Å². The molecule has 130 valence electrons. The highest BCUT2D eigenvalue weighted by Crippen LogP contribution is 2.25. The van der Waals surface area contributed by atoms with Crippen molar-refractivity contribution in [1.82, 2.24) is 4.90 Å². The van der Waals surface area contributed by atoms with E-state index in [-0.39, 0.29) is 12.0 Å². The van der Waals surface area contributed by atoms with Gasteiger partial charge in [-0.2, -0.15) is 0 Å². The van der Waals surface area contributed by atoms with Crippen molar-refractivity contribution in [2.75, 3.05) is 13.1 Å². The summed E-state index contributed by atoms with van der Waals surface area (Å²) in [4.78, 5) is 19.6. The van der Waals surface area contributed by atoms with E-state index in [2.05, 4.69) is 11.7 Å². The van der Waals surface area contributed by atoms with Crippen molar-refractivity contribution in [3.05, 3.63) is 46.5 Å². The number of hydrogen-bond acceptors (Lipinski definition) is 3. The number of amides is 1. The van der Waals surface area contributed by atoms with E-state index in [0.717, 1.165) is 11.3 Å². The van der Waals surface area contributed by atoms with Crippen LogP contribution in [-0.4, -0.2) is 35.7 Å². The fraction of sp³-hybridized carbons (Fsp3) is 0.444. The van der Waals surface area contributed by atoms with Gasteiger partial charge in [0.2, 0.25) is 5.91 Å². The van der Waals surface area contributed by atoms with Gasteiger partial charge >= 0.3 is 0 Å². The number of carbonyl (C=O) groups is 1. The number of benzene rings is 1. The summed E-state index contributed by atoms with van der Waals surface area (Å²) in [7, 11) is 0. The molecule has 2 rings (SSSR count). The molecule has 0 aromatic heterocycles. The summed E-state index contributed by atoms with van der Waals surface area (Å²) < 4.78 is 0. The lowest BCUT2D eigenvalue weighted by Gasteiger charge is -2.24. The van der Waals surface area contributed by atoms with E-state index in [0.29, 0.717) is 41.9 Å². The van der Waals surface area contributed by atoms with Crippen LogP contribution in [0, 0.1) is 5.92 Å². The van der Waals surface area contributed by atoms with E-state index in [1.165, 1.54) is 0 Å². The van der Waals surface area contributed by atoms with Gasteiger partial charge in [-0.25, -0.2) is 0 Å². The maximum atomic E-state index is 12.3. The fourth-order valence-electron chi connectivity index (χ4n) is 2.53. The van der Waals surface area contributed by atoms with Gasteiger partial charge in [-0.05, 0) is 18.1 Å². The third kappa shape index (κ3) is 4.99. The largest absolute Gasteiger partial charge is 0.390 e. The molecule has 1 aliphatic heterocycles. The molecule has 24 heavy (non-hydrogen) atoms. The number of halogens is 2. The van der Waals surface area contributed by atoms with Crippen molar-refractivity contribution in [3.63, 3.8) is 0 Å². The summed E-state index contributed by atoms with van der Waals surface area (Å²) >= 11 is 12.0. The van der Waals surface area contributed by atoms with Crippen LogP contribution >= 0.6 is 23.2 Å². The van der Waals surface area contributed by atoms with Gasteiger partial charge in [-0.15, -0.1) is 6.58 Å². The van der Waals surface area contributed by atoms with Gasteiger partial charge in [-0.1, -0.05) is 54.3 Å². The van der Waals surface area contributed by atoms with Gasteiger partial charge in [0.1, 0.15) is 0 Å². The molecule has 0 aliphatic carbocycles. The second-order valence-electron chi connectivity index (χ2n) is 6.28. The monoisotopic (exact) mass is 368 g/mol. The summed E-state index contributed by atoms with van der Waals surface area (Å²) in [6, 6.07) is 5.38. The first-order chi connectivity index (χ1) is 11.4. The molecular formula is C18H22Cl2N2O2. The van der Waals surface area contributed by atoms with Gasteiger partial charge in [0, 0.05) is 24.9 Å². The van der Waals surface area contributed by atoms with E-state index in [9.17, 15) is 4.79 Å². The maximum absolute atomic E-state index is 12.3. The number of oxime groups is 1. The summed E-state index contributed by atoms with van der Waals surface area (Å²) in [5.41, 5.74) is 1.70. The van der Waals surface area contributed by atoms with Gasteiger partial charge in [-0.3, -0.25) is 4.79 Å². The Kier molecular flexibility index (Phi) is 6.69. The van der Waals surface area contributed by atoms with Crippen LogP contribution in [-0.2, 0) is 9.63 Å². The highest BCUT2D eigenvalue weighted by atomic mass is 35.5. The molecule has 6 heteroatoms. The molecule has 0 saturated carbocycles. The molecule has 1 atom stereocenters. The first-order valence-electron chi connectivity index (χ1n) is 7.97. The molecule has 1 aromatic rings. The van der Waals surface area contributed by atoms with Crippen molar-refractivity contribution < 1.29 is 9.63 Å². The molecule has 0 fully saturated rings. The lowest BCUT2D eigenvalue weighted by Crippen LogP contribution is -2.38. The summed E-state index contributed by atoms with van der Waals surface area (Å²) in [5, 5.41) is 5.14. The summed E-state index contributed by atoms with van der Waals surface area (Å²) in [6.07, 6.45) is 2.71. The zero-order valence-corrected chi connectivity index (χ0v) is 15.5. The molecule has 0 spiro atoms. The second kappa shape index (κ2) is 8.54. The van der Waals surface area contributed by atoms with E-state index < -0.39 is 0 Å². The van der Waals surface area contributed by atoms with Crippen LogP contribution in [0.25, 0.3) is 0 Å². The van der Waals surface area contributed by atoms with Crippen molar-refractivity contribution in [2.45, 2.75) is 32.8 Å². The quantitative estimate of drug-likeness (QED) is 0.662. The molecule has 4 nitrogen and oxygen atoms in total. The van der Waals surface area contributed by atoms with Gasteiger partial charge in [0.15, 0.2) is 6.10 Å². The van der Waals surface area contributed by atoms with Gasteiger partial charge < -0.3 is 9.74 Å². The first kappa shape index (κ1) is 18.8. The lowest BCUT2D eigenvalue weighted by atomic mass is 10.0. The van der Waals surface area contributed by atoms with Crippen LogP contribution in [0.5, 0.6) is 0 Å². The Morgan fingerprint density at radius 2 is 2.21 bits per heavy atom. The van der Waals surface area contributed by atoms with Crippen LogP contribution in [0.1, 0.15) is 32.3 Å². The van der Waals surface area contributed by atoms with Crippen LogP contribution in [0.4, 0.5) is 0 Å². The standard InChI is InChI=1S/C18H22Cl2N2O2/c1-4-7-22(18(23)8-12(2)3)11-14-10-17(21-24-14)13-5-6-15(19)16(20)9-13/h4-6,9,12,14H,1,7-8,10-11H2,2-3H3/t14-/m1/s1. The Morgan fingerprint density at radius 3 is 2.83 bits per heavy atom. The molecule has 0 saturated heterocycles. The van der Waals surface area contributed by atoms with Crippen molar-refractivity contribution in [1.29, 1.82) is 0 Å². The van der Waals surface area contributed by atoms with Crippen LogP contribution in [0.3, 0.4) is 0 Å². The molecular weight excluding hydrogens is 347 g/mol. The molecule has 0 bridgehead atoms.